The molecule has 0 aliphatic carbocycles. The lowest BCUT2D eigenvalue weighted by Crippen LogP contribution is -1.97. The fraction of sp³-hybridized carbons (Fsp3) is 0.111. The van der Waals surface area contributed by atoms with Gasteiger partial charge >= 0.3 is 0 Å². The van der Waals surface area contributed by atoms with E-state index < -0.39 is 0 Å². The van der Waals surface area contributed by atoms with Crippen molar-refractivity contribution in [2.75, 3.05) is 0 Å². The summed E-state index contributed by atoms with van der Waals surface area (Å²) in [6, 6.07) is 18.1. The van der Waals surface area contributed by atoms with Gasteiger partial charge < -0.3 is 0 Å². The number of nitro groups is 1. The van der Waals surface area contributed by atoms with Gasteiger partial charge in [-0.25, -0.2) is 0 Å². The van der Waals surface area contributed by atoms with Crippen LogP contribution in [0.4, 0.5) is 0 Å². The minimum Gasteiger partial charge on any atom is -0.259 e. The van der Waals surface area contributed by atoms with Gasteiger partial charge in [-0.1, -0.05) is 55.5 Å². The number of hydrogen-bond donors (Lipinski definition) is 0. The second-order valence-electron chi connectivity index (χ2n) is 4.98. The van der Waals surface area contributed by atoms with Crippen molar-refractivity contribution >= 4 is 27.6 Å². The minimum absolute atomic E-state index is 0.233. The fourth-order valence-electron chi connectivity index (χ4n) is 2.65. The van der Waals surface area contributed by atoms with Crippen molar-refractivity contribution < 1.29 is 4.92 Å². The van der Waals surface area contributed by atoms with E-state index in [-0.39, 0.29) is 10.6 Å². The van der Waals surface area contributed by atoms with Crippen LogP contribution in [0.25, 0.3) is 27.6 Å². The zero-order valence-electron chi connectivity index (χ0n) is 11.7. The molecule has 0 radical (unpaired) electrons. The van der Waals surface area contributed by atoms with Gasteiger partial charge in [-0.2, -0.15) is 0 Å². The maximum absolute atomic E-state index is 11.1. The molecule has 0 bridgehead atoms. The lowest BCUT2D eigenvalue weighted by Gasteiger charge is -2.08. The number of fused-ring (bicyclic) bond motifs is 2. The largest absolute Gasteiger partial charge is 0.259 e. The Balaban J connectivity index is 2.43. The Morgan fingerprint density at radius 3 is 2.05 bits per heavy atom. The third-order valence-corrected chi connectivity index (χ3v) is 3.72. The van der Waals surface area contributed by atoms with Crippen molar-refractivity contribution in [1.29, 1.82) is 0 Å². The van der Waals surface area contributed by atoms with Crippen molar-refractivity contribution in [2.45, 2.75) is 13.3 Å². The molecule has 3 aromatic carbocycles. The Bertz CT molecular complexity index is 811. The van der Waals surface area contributed by atoms with Crippen LogP contribution in [0, 0.1) is 10.1 Å². The van der Waals surface area contributed by atoms with Gasteiger partial charge in [-0.05, 0) is 33.2 Å². The molecule has 0 unspecified atom stereocenters. The first kappa shape index (κ1) is 13.3. The second-order valence-corrected chi connectivity index (χ2v) is 4.98. The van der Waals surface area contributed by atoms with Crippen LogP contribution in [0.5, 0.6) is 0 Å². The predicted molar refractivity (Wildman–Crippen MR) is 86.7 cm³/mol. The lowest BCUT2D eigenvalue weighted by molar-refractivity contribution is -0.425. The molecular weight excluding hydrogens is 262 g/mol. The summed E-state index contributed by atoms with van der Waals surface area (Å²) in [6.45, 7) is 1.81. The highest BCUT2D eigenvalue weighted by Crippen LogP contribution is 2.30. The zero-order chi connectivity index (χ0) is 14.8. The van der Waals surface area contributed by atoms with Gasteiger partial charge in [0.2, 0.25) is 5.70 Å². The summed E-state index contributed by atoms with van der Waals surface area (Å²) >= 11 is 0. The van der Waals surface area contributed by atoms with E-state index in [0.717, 1.165) is 27.1 Å². The Morgan fingerprint density at radius 2 is 1.57 bits per heavy atom. The van der Waals surface area contributed by atoms with E-state index in [2.05, 4.69) is 6.07 Å². The van der Waals surface area contributed by atoms with Crippen LogP contribution < -0.4 is 0 Å². The summed E-state index contributed by atoms with van der Waals surface area (Å²) in [5.74, 6) is 0. The van der Waals surface area contributed by atoms with Crippen molar-refractivity contribution in [3.05, 3.63) is 76.0 Å². The molecule has 0 saturated carbocycles. The molecule has 0 aromatic heterocycles. The maximum atomic E-state index is 11.1. The molecule has 3 nitrogen and oxygen atoms in total. The van der Waals surface area contributed by atoms with Gasteiger partial charge in [0, 0.05) is 12.5 Å². The van der Waals surface area contributed by atoms with Gasteiger partial charge in [-0.3, -0.25) is 10.1 Å². The van der Waals surface area contributed by atoms with Gasteiger partial charge in [0.15, 0.2) is 0 Å². The minimum atomic E-state index is -0.295. The molecule has 0 aliphatic rings. The molecule has 0 heterocycles. The SMILES string of the molecule is CC/C(=C\c1c2ccccc2cc2ccccc12)[N+](=O)[O-]. The normalized spacial score (nSPS) is 12.0. The molecule has 0 amide bonds. The van der Waals surface area contributed by atoms with E-state index in [1.165, 1.54) is 0 Å². The lowest BCUT2D eigenvalue weighted by atomic mass is 9.96. The third kappa shape index (κ3) is 2.38. The molecule has 21 heavy (non-hydrogen) atoms. The maximum Gasteiger partial charge on any atom is 0.246 e. The van der Waals surface area contributed by atoms with Crippen molar-refractivity contribution in [3.8, 4) is 0 Å². The number of hydrogen-bond acceptors (Lipinski definition) is 2. The number of benzene rings is 3. The standard InChI is InChI=1S/C18H15NO2/c1-2-15(19(20)21)12-18-16-9-5-3-7-13(16)11-14-8-4-6-10-17(14)18/h3-12H,2H2,1H3/b15-12+. The Morgan fingerprint density at radius 1 is 1.05 bits per heavy atom. The van der Waals surface area contributed by atoms with E-state index in [1.54, 1.807) is 6.08 Å². The number of rotatable bonds is 3. The molecule has 0 atom stereocenters. The van der Waals surface area contributed by atoms with Crippen molar-refractivity contribution in [2.24, 2.45) is 0 Å². The van der Waals surface area contributed by atoms with E-state index in [4.69, 9.17) is 0 Å². The highest BCUT2D eigenvalue weighted by atomic mass is 16.6. The predicted octanol–water partition coefficient (Wildman–Crippen LogP) is 5.02. The van der Waals surface area contributed by atoms with Crippen molar-refractivity contribution in [1.82, 2.24) is 0 Å². The van der Waals surface area contributed by atoms with Crippen molar-refractivity contribution in [3.63, 3.8) is 0 Å². The van der Waals surface area contributed by atoms with Crippen LogP contribution in [0.15, 0.2) is 60.3 Å². The molecule has 3 heteroatoms. The van der Waals surface area contributed by atoms with E-state index in [0.29, 0.717) is 6.42 Å². The summed E-state index contributed by atoms with van der Waals surface area (Å²) < 4.78 is 0. The highest BCUT2D eigenvalue weighted by molar-refractivity contribution is 6.06. The summed E-state index contributed by atoms with van der Waals surface area (Å²) in [7, 11) is 0. The van der Waals surface area contributed by atoms with Crippen LogP contribution in [-0.4, -0.2) is 4.92 Å². The first-order valence-corrected chi connectivity index (χ1v) is 6.96. The molecule has 0 N–H and O–H groups in total. The van der Waals surface area contributed by atoms with Gasteiger partial charge in [0.1, 0.15) is 0 Å². The second kappa shape index (κ2) is 5.37. The van der Waals surface area contributed by atoms with Crippen LogP contribution in [-0.2, 0) is 0 Å². The Hall–Kier alpha value is -2.68. The Kier molecular flexibility index (Phi) is 3.40. The summed E-state index contributed by atoms with van der Waals surface area (Å²) in [4.78, 5) is 10.8. The van der Waals surface area contributed by atoms with E-state index >= 15 is 0 Å². The average molecular weight is 277 g/mol. The van der Waals surface area contributed by atoms with Crippen LogP contribution >= 0.6 is 0 Å². The molecule has 0 fully saturated rings. The summed E-state index contributed by atoms with van der Waals surface area (Å²) in [5, 5.41) is 15.4. The zero-order valence-corrected chi connectivity index (χ0v) is 11.7. The number of allylic oxidation sites excluding steroid dienone is 1. The fourth-order valence-corrected chi connectivity index (χ4v) is 2.65. The molecule has 0 saturated heterocycles. The van der Waals surface area contributed by atoms with Gasteiger partial charge in [-0.15, -0.1) is 0 Å². The van der Waals surface area contributed by atoms with Gasteiger partial charge in [0.25, 0.3) is 0 Å². The first-order valence-electron chi connectivity index (χ1n) is 6.96. The average Bonchev–Trinajstić information content (AvgIpc) is 2.51. The van der Waals surface area contributed by atoms with E-state index in [9.17, 15) is 10.1 Å². The molecular formula is C18H15NO2. The van der Waals surface area contributed by atoms with Crippen LogP contribution in [0.1, 0.15) is 18.9 Å². The van der Waals surface area contributed by atoms with Gasteiger partial charge in [0.05, 0.1) is 4.92 Å². The molecule has 3 rings (SSSR count). The number of nitrogens with zero attached hydrogens (tertiary/aromatic N) is 1. The smallest absolute Gasteiger partial charge is 0.246 e. The topological polar surface area (TPSA) is 43.1 Å². The summed E-state index contributed by atoms with van der Waals surface area (Å²) in [5.41, 5.74) is 1.16. The van der Waals surface area contributed by atoms with Crippen LogP contribution in [0.2, 0.25) is 0 Å². The monoisotopic (exact) mass is 277 g/mol. The molecule has 0 spiro atoms. The molecule has 104 valence electrons. The molecule has 0 aliphatic heterocycles. The Labute approximate surface area is 122 Å². The highest BCUT2D eigenvalue weighted by Gasteiger charge is 2.11. The third-order valence-electron chi connectivity index (χ3n) is 3.72. The molecule has 3 aromatic rings. The first-order chi connectivity index (χ1) is 10.2. The quantitative estimate of drug-likeness (QED) is 0.383. The summed E-state index contributed by atoms with van der Waals surface area (Å²) in [6.07, 6.45) is 2.12. The van der Waals surface area contributed by atoms with E-state index in [1.807, 2.05) is 55.5 Å². The van der Waals surface area contributed by atoms with Crippen LogP contribution in [0.3, 0.4) is 0 Å².